The van der Waals surface area contributed by atoms with Gasteiger partial charge in [-0.15, -0.1) is 0 Å². The summed E-state index contributed by atoms with van der Waals surface area (Å²) in [5, 5.41) is 0. The monoisotopic (exact) mass is 322 g/mol. The molecule has 0 fully saturated rings. The molecule has 0 aliphatic rings. The topological polar surface area (TPSA) is 3.24 Å². The third-order valence-electron chi connectivity index (χ3n) is 1.45. The van der Waals surface area contributed by atoms with E-state index in [1.54, 1.807) is 0 Å². The minimum atomic E-state index is 0.770. The van der Waals surface area contributed by atoms with Crippen molar-refractivity contribution in [1.29, 1.82) is 0 Å². The molecule has 0 saturated carbocycles. The first-order valence-electron chi connectivity index (χ1n) is 3.29. The van der Waals surface area contributed by atoms with E-state index in [1.165, 1.54) is 8.76 Å². The van der Waals surface area contributed by atoms with Crippen molar-refractivity contribution >= 4 is 8.76 Å². The van der Waals surface area contributed by atoms with Gasteiger partial charge in [-0.3, -0.25) is 0 Å². The molecule has 0 saturated heterocycles. The molecule has 0 radical (unpaired) electrons. The average Bonchev–Trinajstić information content (AvgIpc) is 1.88. The van der Waals surface area contributed by atoms with E-state index in [-0.39, 0.29) is 0 Å². The molecule has 0 heterocycles. The predicted octanol–water partition coefficient (Wildman–Crippen LogP) is 0.925. The SMILES string of the molecule is CN(C)c1cc[c]([Hg])cc1. The van der Waals surface area contributed by atoms with E-state index < -0.39 is 0 Å². The van der Waals surface area contributed by atoms with Gasteiger partial charge in [-0.2, -0.15) is 0 Å². The van der Waals surface area contributed by atoms with Gasteiger partial charge in [-0.05, 0) is 0 Å². The standard InChI is InChI=1S/C8H10N.Hg/c1-9(2)8-6-4-3-5-7-8;/h4-7H,1-2H3;. The Kier molecular flexibility index (Phi) is 2.72. The summed E-state index contributed by atoms with van der Waals surface area (Å²) in [5.74, 6) is 0. The molecule has 1 rings (SSSR count). The molecule has 1 nitrogen and oxygen atoms in total. The molecule has 0 N–H and O–H groups in total. The Morgan fingerprint density at radius 3 is 2.00 bits per heavy atom. The summed E-state index contributed by atoms with van der Waals surface area (Å²) >= 11 is 0.770. The fraction of sp³-hybridized carbons (Fsp3) is 0.250. The van der Waals surface area contributed by atoms with E-state index in [0.29, 0.717) is 0 Å². The maximum absolute atomic E-state index is 2.21. The zero-order valence-corrected chi connectivity index (χ0v) is 12.0. The number of rotatable bonds is 1. The van der Waals surface area contributed by atoms with Crippen LogP contribution < -0.4 is 7.97 Å². The summed E-state index contributed by atoms with van der Waals surface area (Å²) in [6, 6.07) is 8.75. The fourth-order valence-corrected chi connectivity index (χ4v) is 1.71. The fourth-order valence-electron chi connectivity index (χ4n) is 0.794. The molecule has 0 aromatic heterocycles. The first kappa shape index (κ1) is 8.06. The molecular formula is C8H10HgN. The Bertz CT molecular complexity index is 203. The number of nitrogens with zero attached hydrogens (tertiary/aromatic N) is 1. The van der Waals surface area contributed by atoms with Gasteiger partial charge in [0, 0.05) is 0 Å². The van der Waals surface area contributed by atoms with Gasteiger partial charge in [0.15, 0.2) is 0 Å². The average molecular weight is 321 g/mol. The van der Waals surface area contributed by atoms with Crippen LogP contribution in [0, 0.1) is 0 Å². The Morgan fingerprint density at radius 1 is 1.10 bits per heavy atom. The van der Waals surface area contributed by atoms with Crippen molar-refractivity contribution in [2.45, 2.75) is 0 Å². The summed E-state index contributed by atoms with van der Waals surface area (Å²) in [6.07, 6.45) is 0. The zero-order chi connectivity index (χ0) is 7.56. The molecule has 1 aromatic carbocycles. The number of benzene rings is 1. The van der Waals surface area contributed by atoms with Gasteiger partial charge in [0.2, 0.25) is 0 Å². The quantitative estimate of drug-likeness (QED) is 0.696. The van der Waals surface area contributed by atoms with Crippen LogP contribution in [0.2, 0.25) is 0 Å². The number of anilines is 1. The molecule has 0 unspecified atom stereocenters. The minimum absolute atomic E-state index is 0.770. The summed E-state index contributed by atoms with van der Waals surface area (Å²) in [6.45, 7) is 0. The molecule has 10 heavy (non-hydrogen) atoms. The molecule has 2 heteroatoms. The third kappa shape index (κ3) is 1.98. The van der Waals surface area contributed by atoms with Crippen molar-refractivity contribution in [2.24, 2.45) is 0 Å². The van der Waals surface area contributed by atoms with Crippen LogP contribution in [-0.2, 0) is 26.1 Å². The van der Waals surface area contributed by atoms with Crippen LogP contribution in [0.4, 0.5) is 5.69 Å². The molecule has 0 spiro atoms. The van der Waals surface area contributed by atoms with Gasteiger partial charge in [0.05, 0.1) is 0 Å². The van der Waals surface area contributed by atoms with Crippen LogP contribution in [0.15, 0.2) is 24.3 Å². The second kappa shape index (κ2) is 3.38. The Labute approximate surface area is 78.0 Å². The Morgan fingerprint density at radius 2 is 1.60 bits per heavy atom. The van der Waals surface area contributed by atoms with Crippen LogP contribution in [0.1, 0.15) is 0 Å². The maximum atomic E-state index is 2.21. The van der Waals surface area contributed by atoms with Crippen LogP contribution in [0.3, 0.4) is 0 Å². The van der Waals surface area contributed by atoms with E-state index in [4.69, 9.17) is 0 Å². The van der Waals surface area contributed by atoms with Crippen LogP contribution in [0.5, 0.6) is 0 Å². The van der Waals surface area contributed by atoms with Crippen molar-refractivity contribution in [1.82, 2.24) is 0 Å². The zero-order valence-electron chi connectivity index (χ0n) is 6.46. The normalized spacial score (nSPS) is 9.60. The molecule has 1 aromatic rings. The second-order valence-corrected chi connectivity index (χ2v) is 5.73. The van der Waals surface area contributed by atoms with Gasteiger partial charge in [-0.1, -0.05) is 0 Å². The van der Waals surface area contributed by atoms with Gasteiger partial charge in [0.25, 0.3) is 0 Å². The van der Waals surface area contributed by atoms with Gasteiger partial charge >= 0.3 is 78.1 Å². The van der Waals surface area contributed by atoms with Crippen LogP contribution >= 0.6 is 0 Å². The molecule has 0 atom stereocenters. The van der Waals surface area contributed by atoms with Crippen LogP contribution in [-0.4, -0.2) is 14.1 Å². The van der Waals surface area contributed by atoms with E-state index in [0.717, 1.165) is 26.1 Å². The Hall–Kier alpha value is -0.0449. The summed E-state index contributed by atoms with van der Waals surface area (Å²) in [5.41, 5.74) is 1.29. The van der Waals surface area contributed by atoms with E-state index >= 15 is 0 Å². The first-order chi connectivity index (χ1) is 4.70. The van der Waals surface area contributed by atoms with E-state index in [2.05, 4.69) is 43.3 Å². The summed E-state index contributed by atoms with van der Waals surface area (Å²) < 4.78 is 1.51. The molecule has 0 amide bonds. The number of hydrogen-bond donors (Lipinski definition) is 0. The van der Waals surface area contributed by atoms with Crippen molar-refractivity contribution in [3.8, 4) is 0 Å². The predicted molar refractivity (Wildman–Crippen MR) is 40.4 cm³/mol. The summed E-state index contributed by atoms with van der Waals surface area (Å²) in [4.78, 5) is 2.12. The van der Waals surface area contributed by atoms with E-state index in [9.17, 15) is 0 Å². The molecule has 0 bridgehead atoms. The van der Waals surface area contributed by atoms with E-state index in [1.807, 2.05) is 0 Å². The molecular weight excluding hydrogens is 311 g/mol. The molecule has 0 aliphatic heterocycles. The first-order valence-corrected chi connectivity index (χ1v) is 6.04. The van der Waals surface area contributed by atoms with Crippen molar-refractivity contribution in [3.05, 3.63) is 24.3 Å². The van der Waals surface area contributed by atoms with Crippen molar-refractivity contribution in [2.75, 3.05) is 19.0 Å². The van der Waals surface area contributed by atoms with Gasteiger partial charge < -0.3 is 0 Å². The number of hydrogen-bond acceptors (Lipinski definition) is 1. The van der Waals surface area contributed by atoms with Crippen molar-refractivity contribution < 1.29 is 26.1 Å². The second-order valence-electron chi connectivity index (χ2n) is 2.56. The molecule has 49 valence electrons. The van der Waals surface area contributed by atoms with Crippen molar-refractivity contribution in [3.63, 3.8) is 0 Å². The summed E-state index contributed by atoms with van der Waals surface area (Å²) in [7, 11) is 4.12. The van der Waals surface area contributed by atoms with Crippen LogP contribution in [0.25, 0.3) is 0 Å². The Balaban J connectivity index is 2.89. The molecule has 0 aliphatic carbocycles. The third-order valence-corrected chi connectivity index (χ3v) is 3.29. The van der Waals surface area contributed by atoms with Gasteiger partial charge in [0.1, 0.15) is 0 Å². The van der Waals surface area contributed by atoms with Gasteiger partial charge in [-0.25, -0.2) is 0 Å².